The van der Waals surface area contributed by atoms with Crippen LogP contribution < -0.4 is 16.0 Å². The highest BCUT2D eigenvalue weighted by atomic mass is 32.1. The van der Waals surface area contributed by atoms with Gasteiger partial charge in [0.25, 0.3) is 0 Å². The molecule has 0 bridgehead atoms. The highest BCUT2D eigenvalue weighted by Crippen LogP contribution is 2.17. The van der Waals surface area contributed by atoms with Crippen molar-refractivity contribution in [3.8, 4) is 0 Å². The summed E-state index contributed by atoms with van der Waals surface area (Å²) in [5, 5.41) is 9.82. The maximum Gasteiger partial charge on any atom is 0.182 e. The first-order chi connectivity index (χ1) is 11.6. The van der Waals surface area contributed by atoms with Crippen molar-refractivity contribution in [1.82, 2.24) is 20.3 Å². The Morgan fingerprint density at radius 1 is 1.04 bits per heavy atom. The molecule has 0 aliphatic rings. The summed E-state index contributed by atoms with van der Waals surface area (Å²) in [6.07, 6.45) is 1.69. The van der Waals surface area contributed by atoms with Crippen molar-refractivity contribution in [2.24, 2.45) is 0 Å². The molecule has 3 rings (SSSR count). The van der Waals surface area contributed by atoms with E-state index in [4.69, 9.17) is 12.2 Å². The Labute approximate surface area is 145 Å². The summed E-state index contributed by atoms with van der Waals surface area (Å²) in [6, 6.07) is 11.8. The zero-order valence-electron chi connectivity index (χ0n) is 13.5. The molecular weight excluding hydrogens is 320 g/mol. The lowest BCUT2D eigenvalue weighted by Crippen LogP contribution is -2.28. The Bertz CT molecular complexity index is 863. The van der Waals surface area contributed by atoms with Gasteiger partial charge in [0.05, 0.1) is 6.20 Å². The van der Waals surface area contributed by atoms with Crippen molar-refractivity contribution >= 4 is 45.8 Å². The molecule has 3 aromatic rings. The first-order valence-electron chi connectivity index (χ1n) is 7.66. The molecular formula is C17H18N6S. The van der Waals surface area contributed by atoms with E-state index in [9.17, 15) is 0 Å². The van der Waals surface area contributed by atoms with Crippen LogP contribution in [0.2, 0.25) is 0 Å². The minimum atomic E-state index is 0.534. The summed E-state index contributed by atoms with van der Waals surface area (Å²) in [5.41, 5.74) is 3.44. The number of pyridine rings is 1. The highest BCUT2D eigenvalue weighted by molar-refractivity contribution is 7.80. The van der Waals surface area contributed by atoms with Crippen LogP contribution >= 0.6 is 12.2 Å². The summed E-state index contributed by atoms with van der Waals surface area (Å²) < 4.78 is 0. The van der Waals surface area contributed by atoms with Crippen LogP contribution in [0.25, 0.3) is 11.2 Å². The number of nitrogens with zero attached hydrogens (tertiary/aromatic N) is 3. The average Bonchev–Trinajstić information content (AvgIpc) is 2.57. The summed E-state index contributed by atoms with van der Waals surface area (Å²) in [5.74, 6) is 1.28. The minimum Gasteiger partial charge on any atom is -0.363 e. The molecule has 2 aromatic heterocycles. The van der Waals surface area contributed by atoms with E-state index in [2.05, 4.69) is 37.8 Å². The van der Waals surface area contributed by atoms with Crippen molar-refractivity contribution in [3.63, 3.8) is 0 Å². The van der Waals surface area contributed by atoms with Gasteiger partial charge in [-0.15, -0.1) is 0 Å². The molecule has 0 aliphatic heterocycles. The lowest BCUT2D eigenvalue weighted by Gasteiger charge is -2.09. The van der Waals surface area contributed by atoms with Gasteiger partial charge in [0.15, 0.2) is 16.6 Å². The summed E-state index contributed by atoms with van der Waals surface area (Å²) in [7, 11) is 0. The van der Waals surface area contributed by atoms with Gasteiger partial charge in [-0.3, -0.25) is 0 Å². The van der Waals surface area contributed by atoms with Gasteiger partial charge in [-0.05, 0) is 50.3 Å². The molecule has 0 aliphatic carbocycles. The maximum absolute atomic E-state index is 5.17. The Hall–Kier alpha value is -2.80. The first kappa shape index (κ1) is 16.1. The quantitative estimate of drug-likeness (QED) is 0.630. The van der Waals surface area contributed by atoms with E-state index in [1.807, 2.05) is 43.3 Å². The number of aromatic nitrogens is 3. The zero-order chi connectivity index (χ0) is 16.9. The third kappa shape index (κ3) is 3.94. The Morgan fingerprint density at radius 2 is 1.79 bits per heavy atom. The van der Waals surface area contributed by atoms with Gasteiger partial charge in [-0.1, -0.05) is 17.7 Å². The number of aryl methyl sites for hydroxylation is 1. The summed E-state index contributed by atoms with van der Waals surface area (Å²) in [4.78, 5) is 13.4. The van der Waals surface area contributed by atoms with Crippen molar-refractivity contribution in [1.29, 1.82) is 0 Å². The molecule has 0 atom stereocenters. The largest absolute Gasteiger partial charge is 0.363 e. The topological polar surface area (TPSA) is 74.8 Å². The minimum absolute atomic E-state index is 0.534. The number of hydrogen-bond acceptors (Lipinski definition) is 5. The van der Waals surface area contributed by atoms with Crippen LogP contribution in [0.1, 0.15) is 12.5 Å². The molecule has 0 unspecified atom stereocenters. The van der Waals surface area contributed by atoms with Gasteiger partial charge >= 0.3 is 0 Å². The van der Waals surface area contributed by atoms with Gasteiger partial charge in [-0.25, -0.2) is 15.0 Å². The van der Waals surface area contributed by atoms with Gasteiger partial charge in [-0.2, -0.15) is 0 Å². The molecule has 0 amide bonds. The number of hydrogen-bond donors (Lipinski definition) is 3. The highest BCUT2D eigenvalue weighted by Gasteiger charge is 2.05. The normalized spacial score (nSPS) is 10.4. The van der Waals surface area contributed by atoms with Crippen molar-refractivity contribution in [2.45, 2.75) is 13.8 Å². The lowest BCUT2D eigenvalue weighted by atomic mass is 10.2. The SMILES string of the molecule is CCNC(=S)Nc1ccc2ncc(Nc3ccc(C)cc3)nc2n1. The Balaban J connectivity index is 1.83. The van der Waals surface area contributed by atoms with E-state index in [0.717, 1.165) is 17.7 Å². The van der Waals surface area contributed by atoms with E-state index in [-0.39, 0.29) is 0 Å². The third-order valence-electron chi connectivity index (χ3n) is 3.31. The number of fused-ring (bicyclic) bond motifs is 1. The molecule has 24 heavy (non-hydrogen) atoms. The van der Waals surface area contributed by atoms with Crippen LogP contribution in [0.15, 0.2) is 42.6 Å². The number of benzene rings is 1. The van der Waals surface area contributed by atoms with Crippen LogP contribution in [0.3, 0.4) is 0 Å². The fourth-order valence-electron chi connectivity index (χ4n) is 2.13. The average molecular weight is 338 g/mol. The number of thiocarbonyl (C=S) groups is 1. The van der Waals surface area contributed by atoms with Crippen LogP contribution in [0.4, 0.5) is 17.3 Å². The van der Waals surface area contributed by atoms with E-state index in [1.165, 1.54) is 5.56 Å². The van der Waals surface area contributed by atoms with Gasteiger partial charge in [0.2, 0.25) is 0 Å². The second-order valence-corrected chi connectivity index (χ2v) is 5.68. The van der Waals surface area contributed by atoms with E-state index < -0.39 is 0 Å². The smallest absolute Gasteiger partial charge is 0.182 e. The molecule has 0 fully saturated rings. The number of anilines is 3. The fourth-order valence-corrected chi connectivity index (χ4v) is 2.38. The monoisotopic (exact) mass is 338 g/mol. The fraction of sp³-hybridized carbons (Fsp3) is 0.176. The van der Waals surface area contributed by atoms with Crippen LogP contribution in [-0.4, -0.2) is 26.6 Å². The molecule has 122 valence electrons. The van der Waals surface area contributed by atoms with Crippen molar-refractivity contribution in [3.05, 3.63) is 48.2 Å². The molecule has 0 saturated carbocycles. The van der Waals surface area contributed by atoms with Gasteiger partial charge < -0.3 is 16.0 Å². The molecule has 1 aromatic carbocycles. The van der Waals surface area contributed by atoms with E-state index in [0.29, 0.717) is 22.4 Å². The van der Waals surface area contributed by atoms with Crippen LogP contribution in [-0.2, 0) is 0 Å². The van der Waals surface area contributed by atoms with Gasteiger partial charge in [0, 0.05) is 12.2 Å². The molecule has 7 heteroatoms. The van der Waals surface area contributed by atoms with Crippen molar-refractivity contribution in [2.75, 3.05) is 17.2 Å². The number of nitrogens with one attached hydrogen (secondary N) is 3. The van der Waals surface area contributed by atoms with Crippen molar-refractivity contribution < 1.29 is 0 Å². The molecule has 0 spiro atoms. The molecule has 0 radical (unpaired) electrons. The third-order valence-corrected chi connectivity index (χ3v) is 3.56. The maximum atomic E-state index is 5.17. The van der Waals surface area contributed by atoms with E-state index >= 15 is 0 Å². The molecule has 6 nitrogen and oxygen atoms in total. The first-order valence-corrected chi connectivity index (χ1v) is 8.07. The van der Waals surface area contributed by atoms with Crippen LogP contribution in [0, 0.1) is 6.92 Å². The predicted octanol–water partition coefficient (Wildman–Crippen LogP) is 3.38. The zero-order valence-corrected chi connectivity index (χ0v) is 14.3. The molecule has 3 N–H and O–H groups in total. The van der Waals surface area contributed by atoms with Gasteiger partial charge in [0.1, 0.15) is 11.3 Å². The van der Waals surface area contributed by atoms with Crippen LogP contribution in [0.5, 0.6) is 0 Å². The number of rotatable bonds is 4. The second kappa shape index (κ2) is 7.18. The molecule has 2 heterocycles. The predicted molar refractivity (Wildman–Crippen MR) is 102 cm³/mol. The lowest BCUT2D eigenvalue weighted by molar-refractivity contribution is 0.978. The van der Waals surface area contributed by atoms with E-state index in [1.54, 1.807) is 6.20 Å². The Morgan fingerprint density at radius 3 is 2.54 bits per heavy atom. The summed E-state index contributed by atoms with van der Waals surface area (Å²) >= 11 is 5.17. The Kier molecular flexibility index (Phi) is 4.81. The summed E-state index contributed by atoms with van der Waals surface area (Å²) in [6.45, 7) is 4.79. The molecule has 0 saturated heterocycles. The second-order valence-electron chi connectivity index (χ2n) is 5.27. The standard InChI is InChI=1S/C17H18N6S/c1-3-18-17(24)23-14-9-8-13-16(21-14)22-15(10-19-13)20-12-6-4-11(2)5-7-12/h4-10H,3H2,1-2H3,(H3,18,20,21,22,23,24).